The first kappa shape index (κ1) is 6.46. The predicted octanol–water partition coefficient (Wildman–Crippen LogP) is 1.34. The molecule has 0 bridgehead atoms. The van der Waals surface area contributed by atoms with Gasteiger partial charge in [0.15, 0.2) is 11.6 Å². The van der Waals surface area contributed by atoms with Crippen LogP contribution in [0.1, 0.15) is 5.56 Å². The maximum atomic E-state index is 12.9. The molecule has 1 heterocycles. The first-order chi connectivity index (χ1) is 5.27. The van der Waals surface area contributed by atoms with Crippen LogP contribution in [0.2, 0.25) is 0 Å². The maximum absolute atomic E-state index is 12.9. The Morgan fingerprint density at radius 1 is 1.45 bits per heavy atom. The van der Waals surface area contributed by atoms with E-state index in [0.29, 0.717) is 18.0 Å². The lowest BCUT2D eigenvalue weighted by Crippen LogP contribution is -1.90. The van der Waals surface area contributed by atoms with Gasteiger partial charge in [-0.25, -0.2) is 4.39 Å². The van der Waals surface area contributed by atoms with Gasteiger partial charge in [-0.2, -0.15) is 0 Å². The molecule has 1 aliphatic heterocycles. The zero-order chi connectivity index (χ0) is 7.84. The SMILES string of the molecule is Nc1cc(F)c2c(c1)CCO2. The minimum absolute atomic E-state index is 0.350. The highest BCUT2D eigenvalue weighted by atomic mass is 19.1. The Hall–Kier alpha value is -1.25. The minimum Gasteiger partial charge on any atom is -0.490 e. The smallest absolute Gasteiger partial charge is 0.167 e. The number of ether oxygens (including phenoxy) is 1. The van der Waals surface area contributed by atoms with Crippen molar-refractivity contribution in [1.82, 2.24) is 0 Å². The van der Waals surface area contributed by atoms with Gasteiger partial charge in [-0.3, -0.25) is 0 Å². The van der Waals surface area contributed by atoms with Gasteiger partial charge in [-0.15, -0.1) is 0 Å². The Kier molecular flexibility index (Phi) is 1.24. The van der Waals surface area contributed by atoms with E-state index >= 15 is 0 Å². The highest BCUT2D eigenvalue weighted by molar-refractivity contribution is 5.50. The molecule has 3 heteroatoms. The van der Waals surface area contributed by atoms with E-state index in [1.54, 1.807) is 6.07 Å². The van der Waals surface area contributed by atoms with Crippen LogP contribution in [0.4, 0.5) is 10.1 Å². The number of hydrogen-bond donors (Lipinski definition) is 1. The van der Waals surface area contributed by atoms with Crippen LogP contribution in [0.3, 0.4) is 0 Å². The number of halogens is 1. The fourth-order valence-corrected chi connectivity index (χ4v) is 1.28. The largest absolute Gasteiger partial charge is 0.490 e. The molecule has 1 aromatic rings. The Morgan fingerprint density at radius 2 is 2.27 bits per heavy atom. The average Bonchev–Trinajstić information content (AvgIpc) is 2.34. The zero-order valence-corrected chi connectivity index (χ0v) is 5.93. The standard InChI is InChI=1S/C8H8FNO/c9-7-4-6(10)3-5-1-2-11-8(5)7/h3-4H,1-2,10H2. The predicted molar refractivity (Wildman–Crippen MR) is 40.0 cm³/mol. The second-order valence-corrected chi connectivity index (χ2v) is 2.59. The maximum Gasteiger partial charge on any atom is 0.167 e. The summed E-state index contributed by atoms with van der Waals surface area (Å²) in [7, 11) is 0. The Balaban J connectivity index is 2.60. The fraction of sp³-hybridized carbons (Fsp3) is 0.250. The van der Waals surface area contributed by atoms with Gasteiger partial charge < -0.3 is 10.5 Å². The number of benzene rings is 1. The zero-order valence-electron chi connectivity index (χ0n) is 5.93. The summed E-state index contributed by atoms with van der Waals surface area (Å²) in [5.74, 6) is 0.0247. The van der Waals surface area contributed by atoms with Gasteiger partial charge in [0.25, 0.3) is 0 Å². The van der Waals surface area contributed by atoms with E-state index in [0.717, 1.165) is 12.0 Å². The fourth-order valence-electron chi connectivity index (χ4n) is 1.28. The molecule has 11 heavy (non-hydrogen) atoms. The van der Waals surface area contributed by atoms with Crippen molar-refractivity contribution >= 4 is 5.69 Å². The monoisotopic (exact) mass is 153 g/mol. The number of anilines is 1. The third kappa shape index (κ3) is 0.926. The van der Waals surface area contributed by atoms with Crippen molar-refractivity contribution in [2.45, 2.75) is 6.42 Å². The summed E-state index contributed by atoms with van der Waals surface area (Å²) in [6.45, 7) is 0.565. The summed E-state index contributed by atoms with van der Waals surface area (Å²) in [5, 5.41) is 0. The third-order valence-corrected chi connectivity index (χ3v) is 1.76. The minimum atomic E-state index is -0.350. The van der Waals surface area contributed by atoms with E-state index in [2.05, 4.69) is 0 Å². The molecule has 58 valence electrons. The van der Waals surface area contributed by atoms with Crippen molar-refractivity contribution in [1.29, 1.82) is 0 Å². The molecule has 0 radical (unpaired) electrons. The van der Waals surface area contributed by atoms with Crippen LogP contribution in [0.5, 0.6) is 5.75 Å². The molecule has 0 fully saturated rings. The summed E-state index contributed by atoms with van der Waals surface area (Å²) >= 11 is 0. The summed E-state index contributed by atoms with van der Waals surface area (Å²) in [4.78, 5) is 0. The van der Waals surface area contributed by atoms with Crippen LogP contribution in [-0.4, -0.2) is 6.61 Å². The quantitative estimate of drug-likeness (QED) is 0.571. The molecule has 1 aliphatic rings. The summed E-state index contributed by atoms with van der Waals surface area (Å²) in [6.07, 6.45) is 0.761. The molecule has 0 saturated heterocycles. The van der Waals surface area contributed by atoms with Gasteiger partial charge in [0.05, 0.1) is 6.61 Å². The number of nitrogens with two attached hydrogens (primary N) is 1. The molecule has 0 amide bonds. The molecule has 2 nitrogen and oxygen atoms in total. The average molecular weight is 153 g/mol. The van der Waals surface area contributed by atoms with Crippen LogP contribution in [-0.2, 0) is 6.42 Å². The summed E-state index contributed by atoms with van der Waals surface area (Å²) < 4.78 is 18.0. The van der Waals surface area contributed by atoms with Crippen LogP contribution < -0.4 is 10.5 Å². The third-order valence-electron chi connectivity index (χ3n) is 1.76. The first-order valence-electron chi connectivity index (χ1n) is 3.48. The molecule has 2 rings (SSSR count). The lowest BCUT2D eigenvalue weighted by atomic mass is 10.1. The van der Waals surface area contributed by atoms with E-state index in [1.807, 2.05) is 0 Å². The molecule has 0 saturated carbocycles. The highest BCUT2D eigenvalue weighted by Gasteiger charge is 2.16. The Bertz CT molecular complexity index is 298. The van der Waals surface area contributed by atoms with Crippen LogP contribution >= 0.6 is 0 Å². The Labute approximate surface area is 63.8 Å². The number of hydrogen-bond acceptors (Lipinski definition) is 2. The van der Waals surface area contributed by atoms with E-state index in [-0.39, 0.29) is 5.82 Å². The molecule has 2 N–H and O–H groups in total. The summed E-state index contributed by atoms with van der Waals surface area (Å²) in [5.41, 5.74) is 6.78. The highest BCUT2D eigenvalue weighted by Crippen LogP contribution is 2.30. The van der Waals surface area contributed by atoms with Gasteiger partial charge in [-0.1, -0.05) is 0 Å². The second-order valence-electron chi connectivity index (χ2n) is 2.59. The van der Waals surface area contributed by atoms with Crippen LogP contribution in [0, 0.1) is 5.82 Å². The lowest BCUT2D eigenvalue weighted by molar-refractivity contribution is 0.339. The van der Waals surface area contributed by atoms with E-state index in [1.165, 1.54) is 6.07 Å². The van der Waals surface area contributed by atoms with E-state index in [9.17, 15) is 4.39 Å². The van der Waals surface area contributed by atoms with Gasteiger partial charge >= 0.3 is 0 Å². The first-order valence-corrected chi connectivity index (χ1v) is 3.48. The van der Waals surface area contributed by atoms with Crippen LogP contribution in [0.25, 0.3) is 0 Å². The molecule has 0 aromatic heterocycles. The van der Waals surface area contributed by atoms with Crippen molar-refractivity contribution in [3.63, 3.8) is 0 Å². The normalized spacial score (nSPS) is 14.3. The van der Waals surface area contributed by atoms with E-state index in [4.69, 9.17) is 10.5 Å². The molecule has 0 unspecified atom stereocenters. The van der Waals surface area contributed by atoms with Crippen LogP contribution in [0.15, 0.2) is 12.1 Å². The van der Waals surface area contributed by atoms with Crippen molar-refractivity contribution < 1.29 is 9.13 Å². The number of rotatable bonds is 0. The molecule has 0 spiro atoms. The second kappa shape index (κ2) is 2.12. The van der Waals surface area contributed by atoms with Gasteiger partial charge in [-0.05, 0) is 6.07 Å². The summed E-state index contributed by atoms with van der Waals surface area (Å²) in [6, 6.07) is 3.04. The Morgan fingerprint density at radius 3 is 3.09 bits per heavy atom. The van der Waals surface area contributed by atoms with Crippen molar-refractivity contribution in [2.75, 3.05) is 12.3 Å². The van der Waals surface area contributed by atoms with Gasteiger partial charge in [0.2, 0.25) is 0 Å². The number of nitrogen functional groups attached to an aromatic ring is 1. The van der Waals surface area contributed by atoms with Crippen molar-refractivity contribution in [3.05, 3.63) is 23.5 Å². The van der Waals surface area contributed by atoms with Gasteiger partial charge in [0.1, 0.15) is 0 Å². The van der Waals surface area contributed by atoms with Crippen molar-refractivity contribution in [3.8, 4) is 5.75 Å². The van der Waals surface area contributed by atoms with Crippen molar-refractivity contribution in [2.24, 2.45) is 0 Å². The number of fused-ring (bicyclic) bond motifs is 1. The van der Waals surface area contributed by atoms with Gasteiger partial charge in [0, 0.05) is 23.7 Å². The molecule has 0 aliphatic carbocycles. The lowest BCUT2D eigenvalue weighted by Gasteiger charge is -2.00. The molecular weight excluding hydrogens is 145 g/mol. The molecule has 1 aromatic carbocycles. The molecular formula is C8H8FNO. The topological polar surface area (TPSA) is 35.2 Å². The molecule has 0 atom stereocenters. The van der Waals surface area contributed by atoms with E-state index < -0.39 is 0 Å².